The van der Waals surface area contributed by atoms with Gasteiger partial charge in [-0.3, -0.25) is 9.69 Å². The van der Waals surface area contributed by atoms with E-state index in [2.05, 4.69) is 58.4 Å². The fraction of sp³-hybridized carbons (Fsp3) is 0.346. The molecule has 0 bridgehead atoms. The predicted octanol–water partition coefficient (Wildman–Crippen LogP) is 3.77. The first kappa shape index (κ1) is 20.0. The van der Waals surface area contributed by atoms with Gasteiger partial charge in [-0.15, -0.1) is 0 Å². The Morgan fingerprint density at radius 3 is 2.84 bits per heavy atom. The Morgan fingerprint density at radius 2 is 1.94 bits per heavy atom. The van der Waals surface area contributed by atoms with Gasteiger partial charge < -0.3 is 14.6 Å². The van der Waals surface area contributed by atoms with Gasteiger partial charge in [0.25, 0.3) is 5.91 Å². The van der Waals surface area contributed by atoms with Crippen LogP contribution >= 0.6 is 0 Å². The van der Waals surface area contributed by atoms with Crippen LogP contribution in [0.5, 0.6) is 0 Å². The van der Waals surface area contributed by atoms with Crippen molar-refractivity contribution in [3.05, 3.63) is 84.1 Å². The third kappa shape index (κ3) is 4.29. The first-order chi connectivity index (χ1) is 15.2. The molecule has 1 amide bonds. The van der Waals surface area contributed by atoms with Gasteiger partial charge >= 0.3 is 0 Å². The fourth-order valence-corrected chi connectivity index (χ4v) is 4.74. The molecule has 3 aromatic rings. The van der Waals surface area contributed by atoms with Crippen LogP contribution in [-0.4, -0.2) is 59.1 Å². The van der Waals surface area contributed by atoms with E-state index in [0.717, 1.165) is 25.0 Å². The monoisotopic (exact) mass is 415 g/mol. The number of carbonyl (C=O) groups excluding carboxylic acids is 1. The molecule has 1 atom stereocenters. The van der Waals surface area contributed by atoms with E-state index in [0.29, 0.717) is 32.7 Å². The van der Waals surface area contributed by atoms with Crippen molar-refractivity contribution in [2.24, 2.45) is 0 Å². The number of morpholine rings is 1. The summed E-state index contributed by atoms with van der Waals surface area (Å²) < 4.78 is 6.22. The first-order valence-corrected chi connectivity index (χ1v) is 11.1. The molecule has 5 nitrogen and oxygen atoms in total. The molecule has 31 heavy (non-hydrogen) atoms. The molecule has 1 spiro atoms. The third-order valence-corrected chi connectivity index (χ3v) is 6.42. The Labute approximate surface area is 183 Å². The van der Waals surface area contributed by atoms with Crippen molar-refractivity contribution < 1.29 is 9.53 Å². The molecule has 2 aliphatic rings. The number of aromatic amines is 1. The number of fused-ring (bicyclic) bond motifs is 1. The minimum atomic E-state index is -0.778. The lowest BCUT2D eigenvalue weighted by Gasteiger charge is -2.42. The Morgan fingerprint density at radius 1 is 1.03 bits per heavy atom. The number of nitrogens with one attached hydrogen (secondary N) is 1. The maximum absolute atomic E-state index is 13.6. The van der Waals surface area contributed by atoms with Crippen LogP contribution in [-0.2, 0) is 22.5 Å². The van der Waals surface area contributed by atoms with Crippen molar-refractivity contribution in [1.29, 1.82) is 0 Å². The highest BCUT2D eigenvalue weighted by Crippen LogP contribution is 2.29. The van der Waals surface area contributed by atoms with Gasteiger partial charge in [0, 0.05) is 50.9 Å². The largest absolute Gasteiger partial charge is 0.362 e. The van der Waals surface area contributed by atoms with Gasteiger partial charge in [-0.2, -0.15) is 0 Å². The molecule has 0 unspecified atom stereocenters. The quantitative estimate of drug-likeness (QED) is 0.646. The van der Waals surface area contributed by atoms with E-state index < -0.39 is 5.60 Å². The lowest BCUT2D eigenvalue weighted by Crippen LogP contribution is -2.60. The number of hydrogen-bond donors (Lipinski definition) is 1. The molecule has 0 aliphatic carbocycles. The molecular formula is C26H29N3O2. The van der Waals surface area contributed by atoms with E-state index in [9.17, 15) is 4.79 Å². The molecule has 1 N–H and O–H groups in total. The Balaban J connectivity index is 1.29. The van der Waals surface area contributed by atoms with Crippen molar-refractivity contribution in [3.63, 3.8) is 0 Å². The Bertz CT molecular complexity index is 1070. The maximum Gasteiger partial charge on any atom is 0.256 e. The second kappa shape index (κ2) is 8.69. The molecular weight excluding hydrogens is 386 g/mol. The maximum atomic E-state index is 13.6. The van der Waals surface area contributed by atoms with Gasteiger partial charge in [0.05, 0.1) is 6.61 Å². The summed E-state index contributed by atoms with van der Waals surface area (Å²) in [5.41, 5.74) is 2.89. The fourth-order valence-electron chi connectivity index (χ4n) is 4.74. The molecule has 5 rings (SSSR count). The molecule has 1 aromatic heterocycles. The molecule has 2 aliphatic heterocycles. The van der Waals surface area contributed by atoms with Crippen molar-refractivity contribution in [3.8, 4) is 0 Å². The van der Waals surface area contributed by atoms with Crippen LogP contribution in [0, 0.1) is 0 Å². The van der Waals surface area contributed by atoms with E-state index in [1.165, 1.54) is 16.5 Å². The third-order valence-electron chi connectivity index (χ3n) is 6.42. The topological polar surface area (TPSA) is 48.6 Å². The molecule has 0 radical (unpaired) electrons. The second-order valence-corrected chi connectivity index (χ2v) is 8.61. The normalized spacial score (nSPS) is 22.3. The van der Waals surface area contributed by atoms with Crippen LogP contribution in [0.1, 0.15) is 17.5 Å². The summed E-state index contributed by atoms with van der Waals surface area (Å²) in [5, 5.41) is 1.22. The summed E-state index contributed by atoms with van der Waals surface area (Å²) in [7, 11) is 0. The van der Waals surface area contributed by atoms with Gasteiger partial charge in [-0.05, 0) is 41.1 Å². The average molecular weight is 416 g/mol. The van der Waals surface area contributed by atoms with Crippen molar-refractivity contribution in [2.45, 2.75) is 25.0 Å². The molecule has 0 saturated carbocycles. The van der Waals surface area contributed by atoms with Crippen LogP contribution in [0.2, 0.25) is 0 Å². The van der Waals surface area contributed by atoms with Crippen LogP contribution in [0.25, 0.3) is 10.9 Å². The summed E-state index contributed by atoms with van der Waals surface area (Å²) in [4.78, 5) is 21.2. The predicted molar refractivity (Wildman–Crippen MR) is 123 cm³/mol. The summed E-state index contributed by atoms with van der Waals surface area (Å²) in [6.45, 7) is 4.24. The van der Waals surface area contributed by atoms with Gasteiger partial charge in [0.15, 0.2) is 5.60 Å². The highest BCUT2D eigenvalue weighted by atomic mass is 16.5. The zero-order valence-electron chi connectivity index (χ0n) is 17.8. The van der Waals surface area contributed by atoms with E-state index in [4.69, 9.17) is 4.74 Å². The van der Waals surface area contributed by atoms with Crippen molar-refractivity contribution in [2.75, 3.05) is 32.8 Å². The summed E-state index contributed by atoms with van der Waals surface area (Å²) >= 11 is 0. The lowest BCUT2D eigenvalue weighted by atomic mass is 9.95. The number of hydrogen-bond acceptors (Lipinski definition) is 3. The Hall–Kier alpha value is -2.89. The number of H-pyrrole nitrogens is 1. The van der Waals surface area contributed by atoms with Crippen LogP contribution in [0.15, 0.2) is 72.9 Å². The summed E-state index contributed by atoms with van der Waals surface area (Å²) in [6, 6.07) is 19.0. The lowest BCUT2D eigenvalue weighted by molar-refractivity contribution is -0.170. The van der Waals surface area contributed by atoms with Crippen LogP contribution in [0.3, 0.4) is 0 Å². The second-order valence-electron chi connectivity index (χ2n) is 8.61. The van der Waals surface area contributed by atoms with Gasteiger partial charge in [-0.1, -0.05) is 48.6 Å². The number of benzene rings is 2. The molecule has 160 valence electrons. The van der Waals surface area contributed by atoms with E-state index in [-0.39, 0.29) is 5.91 Å². The van der Waals surface area contributed by atoms with E-state index in [1.54, 1.807) is 0 Å². The van der Waals surface area contributed by atoms with Gasteiger partial charge in [0.2, 0.25) is 0 Å². The number of ether oxygens (including phenoxy) is 1. The van der Waals surface area contributed by atoms with E-state index in [1.807, 2.05) is 29.3 Å². The highest BCUT2D eigenvalue weighted by molar-refractivity contribution is 5.86. The van der Waals surface area contributed by atoms with Crippen molar-refractivity contribution in [1.82, 2.24) is 14.8 Å². The summed E-state index contributed by atoms with van der Waals surface area (Å²) in [5.74, 6) is 0.124. The standard InChI is InChI=1S/C26H29N3O2/c30-25-26(12-4-5-14-29(25)15-11-21-6-2-1-3-7-21)20-28(16-17-31-26)19-22-8-9-24-23(18-22)10-13-27-24/h1-10,13,18,27H,11-12,14-17,19-20H2/t26-/m1/s1. The number of nitrogens with zero attached hydrogens (tertiary/aromatic N) is 2. The zero-order valence-corrected chi connectivity index (χ0v) is 17.8. The zero-order chi connectivity index (χ0) is 21.1. The number of rotatable bonds is 5. The van der Waals surface area contributed by atoms with Gasteiger partial charge in [-0.25, -0.2) is 0 Å². The number of amides is 1. The molecule has 2 aromatic carbocycles. The minimum absolute atomic E-state index is 0.124. The average Bonchev–Trinajstić information content (AvgIpc) is 3.21. The first-order valence-electron chi connectivity index (χ1n) is 11.1. The number of aromatic nitrogens is 1. The van der Waals surface area contributed by atoms with Crippen LogP contribution < -0.4 is 0 Å². The SMILES string of the molecule is O=C1N(CCc2ccccc2)CC=CC[C@@]12CN(Cc1ccc3[nH]ccc3c1)CCO2. The summed E-state index contributed by atoms with van der Waals surface area (Å²) in [6.07, 6.45) is 7.70. The van der Waals surface area contributed by atoms with Gasteiger partial charge in [0.1, 0.15) is 0 Å². The van der Waals surface area contributed by atoms with E-state index >= 15 is 0 Å². The minimum Gasteiger partial charge on any atom is -0.362 e. The molecule has 3 heterocycles. The van der Waals surface area contributed by atoms with Crippen LogP contribution in [0.4, 0.5) is 0 Å². The Kier molecular flexibility index (Phi) is 5.62. The van der Waals surface area contributed by atoms with Crippen molar-refractivity contribution >= 4 is 16.8 Å². The smallest absolute Gasteiger partial charge is 0.256 e. The number of carbonyl (C=O) groups is 1. The molecule has 1 fully saturated rings. The molecule has 5 heteroatoms. The highest BCUT2D eigenvalue weighted by Gasteiger charge is 2.45. The molecule has 1 saturated heterocycles.